The van der Waals surface area contributed by atoms with Gasteiger partial charge in [0.1, 0.15) is 5.22 Å². The molecule has 0 bridgehead atoms. The molecular formula is C23H38O5Si4. The molecule has 1 aliphatic rings. The number of esters is 2. The number of carbonyl (C=O) groups excluding carboxylic acids is 2. The Bertz CT molecular complexity index is 872. The summed E-state index contributed by atoms with van der Waals surface area (Å²) >= 11 is 0. The summed E-state index contributed by atoms with van der Waals surface area (Å²) in [6, 6.07) is 0. The van der Waals surface area contributed by atoms with E-state index in [1.54, 1.807) is 13.8 Å². The predicted octanol–water partition coefficient (Wildman–Crippen LogP) is 4.10. The second-order valence-electron chi connectivity index (χ2n) is 10.7. The molecule has 1 aliphatic heterocycles. The largest absolute Gasteiger partial charge is 0.443 e. The zero-order valence-corrected chi connectivity index (χ0v) is 25.3. The van der Waals surface area contributed by atoms with Gasteiger partial charge in [-0.05, 0) is 26.9 Å². The number of hydrogen-bond donors (Lipinski definition) is 0. The molecule has 0 amide bonds. The van der Waals surface area contributed by atoms with Gasteiger partial charge in [0.15, 0.2) is 20.0 Å². The monoisotopic (exact) mass is 506 g/mol. The van der Waals surface area contributed by atoms with Crippen molar-refractivity contribution in [2.24, 2.45) is 0 Å². The molecule has 0 radical (unpaired) electrons. The molecule has 1 saturated heterocycles. The topological polar surface area (TPSA) is 61.8 Å². The summed E-state index contributed by atoms with van der Waals surface area (Å²) < 4.78 is 18.7. The Hall–Kier alpha value is -1.63. The van der Waals surface area contributed by atoms with Gasteiger partial charge in [-0.1, -0.05) is 64.3 Å². The van der Waals surface area contributed by atoms with Crippen molar-refractivity contribution in [1.82, 2.24) is 0 Å². The highest BCUT2D eigenvalue weighted by atomic mass is 29.8. The average molecular weight is 507 g/mol. The maximum absolute atomic E-state index is 12.6. The van der Waals surface area contributed by atoms with Crippen LogP contribution in [-0.4, -0.2) is 59.0 Å². The van der Waals surface area contributed by atoms with E-state index in [2.05, 4.69) is 77.4 Å². The van der Waals surface area contributed by atoms with Crippen molar-refractivity contribution >= 4 is 41.6 Å². The second-order valence-corrected chi connectivity index (χ2v) is 49.9. The van der Waals surface area contributed by atoms with E-state index in [4.69, 9.17) is 26.7 Å². The zero-order valence-electron chi connectivity index (χ0n) is 21.3. The SMILES string of the molecule is C#CC(OC(=O)C(=C)C)C1(C(C#C)OC(=O)C(=C)C)O[Si](C)(C)[Si](C)(C)[Si](C)(C)[Si]1(C)C. The molecule has 0 saturated carbocycles. The predicted molar refractivity (Wildman–Crippen MR) is 141 cm³/mol. The van der Waals surface area contributed by atoms with Crippen LogP contribution in [0.3, 0.4) is 0 Å². The van der Waals surface area contributed by atoms with Crippen molar-refractivity contribution in [2.75, 3.05) is 0 Å². The molecule has 0 N–H and O–H groups in total. The van der Waals surface area contributed by atoms with Crippen molar-refractivity contribution in [3.05, 3.63) is 24.3 Å². The fourth-order valence-electron chi connectivity index (χ4n) is 4.51. The van der Waals surface area contributed by atoms with Crippen LogP contribution in [0.1, 0.15) is 13.8 Å². The molecule has 0 aliphatic carbocycles. The minimum absolute atomic E-state index is 0.217. The lowest BCUT2D eigenvalue weighted by atomic mass is 10.1. The van der Waals surface area contributed by atoms with Gasteiger partial charge in [-0.15, -0.1) is 12.8 Å². The lowest BCUT2D eigenvalue weighted by Gasteiger charge is -2.68. The average Bonchev–Trinajstić information content (AvgIpc) is 2.66. The Kier molecular flexibility index (Phi) is 7.95. The molecule has 176 valence electrons. The van der Waals surface area contributed by atoms with Crippen LogP contribution >= 0.6 is 0 Å². The van der Waals surface area contributed by atoms with Gasteiger partial charge >= 0.3 is 11.9 Å². The van der Waals surface area contributed by atoms with Gasteiger partial charge in [0, 0.05) is 18.3 Å². The van der Waals surface area contributed by atoms with Crippen molar-refractivity contribution < 1.29 is 23.5 Å². The van der Waals surface area contributed by atoms with Gasteiger partial charge < -0.3 is 13.9 Å². The molecule has 0 aromatic carbocycles. The highest BCUT2D eigenvalue weighted by Gasteiger charge is 2.77. The molecule has 0 aromatic rings. The van der Waals surface area contributed by atoms with Crippen LogP contribution in [-0.2, 0) is 23.5 Å². The smallest absolute Gasteiger partial charge is 0.334 e. The molecule has 9 heteroatoms. The van der Waals surface area contributed by atoms with Gasteiger partial charge in [0.05, 0.1) is 14.7 Å². The van der Waals surface area contributed by atoms with Crippen molar-refractivity contribution in [3.63, 3.8) is 0 Å². The molecule has 2 atom stereocenters. The van der Waals surface area contributed by atoms with Gasteiger partial charge in [0.2, 0.25) is 0 Å². The second kappa shape index (κ2) is 8.96. The third-order valence-electron chi connectivity index (χ3n) is 8.26. The molecule has 1 heterocycles. The van der Waals surface area contributed by atoms with Crippen LogP contribution in [0.25, 0.3) is 0 Å². The lowest BCUT2D eigenvalue weighted by Crippen LogP contribution is -2.94. The summed E-state index contributed by atoms with van der Waals surface area (Å²) in [4.78, 5) is 25.2. The molecule has 0 spiro atoms. The highest BCUT2D eigenvalue weighted by molar-refractivity contribution is 7.83. The summed E-state index contributed by atoms with van der Waals surface area (Å²) in [6.45, 7) is 28.8. The first-order chi connectivity index (χ1) is 14.3. The maximum atomic E-state index is 12.6. The molecule has 2 unspecified atom stereocenters. The van der Waals surface area contributed by atoms with Crippen LogP contribution in [0.4, 0.5) is 0 Å². The fraction of sp³-hybridized carbons (Fsp3) is 0.565. The minimum atomic E-state index is -2.58. The van der Waals surface area contributed by atoms with Crippen LogP contribution < -0.4 is 0 Å². The van der Waals surface area contributed by atoms with Gasteiger partial charge in [0.25, 0.3) is 0 Å². The van der Waals surface area contributed by atoms with E-state index in [-0.39, 0.29) is 11.1 Å². The quantitative estimate of drug-likeness (QED) is 0.235. The molecule has 1 fully saturated rings. The van der Waals surface area contributed by atoms with Gasteiger partial charge in [-0.3, -0.25) is 0 Å². The maximum Gasteiger partial charge on any atom is 0.334 e. The number of rotatable bonds is 6. The van der Waals surface area contributed by atoms with E-state index in [0.717, 1.165) is 0 Å². The number of hydrogen-bond acceptors (Lipinski definition) is 5. The van der Waals surface area contributed by atoms with Crippen LogP contribution in [0, 0.1) is 24.7 Å². The summed E-state index contributed by atoms with van der Waals surface area (Å²) in [5.74, 6) is 4.06. The van der Waals surface area contributed by atoms with E-state index >= 15 is 0 Å². The molecule has 5 nitrogen and oxygen atoms in total. The van der Waals surface area contributed by atoms with E-state index in [1.807, 2.05) is 0 Å². The summed E-state index contributed by atoms with van der Waals surface area (Å²) in [5.41, 5.74) is 0.434. The van der Waals surface area contributed by atoms with Crippen LogP contribution in [0.2, 0.25) is 52.4 Å². The summed E-state index contributed by atoms with van der Waals surface area (Å²) in [7, 11) is -8.84. The lowest BCUT2D eigenvalue weighted by molar-refractivity contribution is -0.160. The number of carbonyl (C=O) groups is 2. The molecule has 1 rings (SSSR count). The Morgan fingerprint density at radius 1 is 0.812 bits per heavy atom. The first kappa shape index (κ1) is 28.4. The first-order valence-corrected chi connectivity index (χ1v) is 25.5. The zero-order chi connectivity index (χ0) is 25.5. The minimum Gasteiger partial charge on any atom is -0.443 e. The van der Waals surface area contributed by atoms with E-state index in [9.17, 15) is 9.59 Å². The van der Waals surface area contributed by atoms with E-state index in [0.29, 0.717) is 0 Å². The molecule has 32 heavy (non-hydrogen) atoms. The van der Waals surface area contributed by atoms with Crippen molar-refractivity contribution in [2.45, 2.75) is 83.7 Å². The van der Waals surface area contributed by atoms with Gasteiger partial charge in [-0.2, -0.15) is 0 Å². The third-order valence-corrected chi connectivity index (χ3v) is 75.0. The van der Waals surface area contributed by atoms with Crippen LogP contribution in [0.5, 0.6) is 0 Å². The normalized spacial score (nSPS) is 26.4. The summed E-state index contributed by atoms with van der Waals surface area (Å²) in [6.07, 6.45) is 9.74. The first-order valence-electron chi connectivity index (χ1n) is 10.6. The van der Waals surface area contributed by atoms with Gasteiger partial charge in [-0.25, -0.2) is 9.59 Å². The molecule has 0 aromatic heterocycles. The summed E-state index contributed by atoms with van der Waals surface area (Å²) in [5, 5.41) is -1.28. The Morgan fingerprint density at radius 3 is 1.44 bits per heavy atom. The standard InChI is InChI=1S/C23H38O5Si4/c1-15-19(26-21(24)17(3)4)23(20(16-2)27-22(25)18(5)6)28-30(9,10)32(13,14)31(11,12)29(23,7)8/h1-2,19-20H,3,5H2,4,6-14H3. The third kappa shape index (κ3) is 4.06. The van der Waals surface area contributed by atoms with E-state index < -0.39 is 59.0 Å². The number of terminal acetylenes is 2. The highest BCUT2D eigenvalue weighted by Crippen LogP contribution is 2.52. The van der Waals surface area contributed by atoms with Crippen LogP contribution in [0.15, 0.2) is 24.3 Å². The Balaban J connectivity index is 4.02. The Labute approximate surface area is 197 Å². The molecular weight excluding hydrogens is 469 g/mol. The fourth-order valence-corrected chi connectivity index (χ4v) is 74.6. The number of ether oxygens (including phenoxy) is 2. The van der Waals surface area contributed by atoms with Crippen molar-refractivity contribution in [3.8, 4) is 24.7 Å². The van der Waals surface area contributed by atoms with Crippen molar-refractivity contribution in [1.29, 1.82) is 0 Å². The Morgan fingerprint density at radius 2 is 1.16 bits per heavy atom. The van der Waals surface area contributed by atoms with E-state index in [1.165, 1.54) is 0 Å².